The molecule has 92 valence electrons. The lowest BCUT2D eigenvalue weighted by Gasteiger charge is -2.23. The highest BCUT2D eigenvalue weighted by Gasteiger charge is 2.09. The molecule has 0 spiro atoms. The van der Waals surface area contributed by atoms with E-state index < -0.39 is 0 Å². The second kappa shape index (κ2) is 5.58. The van der Waals surface area contributed by atoms with Gasteiger partial charge in [0.1, 0.15) is 5.75 Å². The molecule has 17 heavy (non-hydrogen) atoms. The van der Waals surface area contributed by atoms with E-state index in [1.807, 2.05) is 5.01 Å². The molecule has 0 aromatic heterocycles. The predicted octanol–water partition coefficient (Wildman–Crippen LogP) is 2.37. The number of phenols is 1. The number of aromatic hydroxyl groups is 1. The van der Waals surface area contributed by atoms with E-state index in [0.29, 0.717) is 23.8 Å². The molecule has 0 bridgehead atoms. The standard InChI is InChI=1S/C11H12Cl2N2O2/c12-9-5-8(11(16)10(13)6-9)7-14-15-1-3-17-4-2-15/h5-7,16H,1-4H2/b14-7-. The zero-order valence-corrected chi connectivity index (χ0v) is 10.6. The largest absolute Gasteiger partial charge is 0.506 e. The Bertz CT molecular complexity index is 432. The Hall–Kier alpha value is -0.970. The third-order valence-electron chi connectivity index (χ3n) is 2.41. The first-order valence-electron chi connectivity index (χ1n) is 5.21. The summed E-state index contributed by atoms with van der Waals surface area (Å²) in [6, 6.07) is 3.11. The first kappa shape index (κ1) is 12.5. The van der Waals surface area contributed by atoms with Gasteiger partial charge in [0.15, 0.2) is 0 Å². The van der Waals surface area contributed by atoms with Crippen molar-refractivity contribution < 1.29 is 9.84 Å². The van der Waals surface area contributed by atoms with Gasteiger partial charge in [-0.1, -0.05) is 23.2 Å². The number of halogens is 2. The second-order valence-corrected chi connectivity index (χ2v) is 4.48. The van der Waals surface area contributed by atoms with Crippen LogP contribution in [0.5, 0.6) is 5.75 Å². The molecular weight excluding hydrogens is 263 g/mol. The number of morpholine rings is 1. The van der Waals surface area contributed by atoms with Crippen molar-refractivity contribution >= 4 is 29.4 Å². The van der Waals surface area contributed by atoms with Gasteiger partial charge in [-0.25, -0.2) is 0 Å². The van der Waals surface area contributed by atoms with Gasteiger partial charge in [-0.15, -0.1) is 0 Å². The van der Waals surface area contributed by atoms with Crippen LogP contribution in [0.1, 0.15) is 5.56 Å². The fourth-order valence-electron chi connectivity index (χ4n) is 1.50. The fourth-order valence-corrected chi connectivity index (χ4v) is 2.01. The van der Waals surface area contributed by atoms with Gasteiger partial charge in [0.2, 0.25) is 0 Å². The van der Waals surface area contributed by atoms with E-state index in [0.717, 1.165) is 13.1 Å². The topological polar surface area (TPSA) is 45.1 Å². The molecule has 2 rings (SSSR count). The van der Waals surface area contributed by atoms with E-state index in [-0.39, 0.29) is 10.8 Å². The molecule has 0 radical (unpaired) electrons. The predicted molar refractivity (Wildman–Crippen MR) is 68.1 cm³/mol. The van der Waals surface area contributed by atoms with Crippen LogP contribution in [-0.4, -0.2) is 42.6 Å². The molecule has 6 heteroatoms. The maximum atomic E-state index is 9.73. The van der Waals surface area contributed by atoms with Gasteiger partial charge in [-0.3, -0.25) is 5.01 Å². The molecular formula is C11H12Cl2N2O2. The maximum Gasteiger partial charge on any atom is 0.143 e. The van der Waals surface area contributed by atoms with E-state index in [9.17, 15) is 5.11 Å². The number of phenolic OH excluding ortho intramolecular Hbond substituents is 1. The molecule has 0 amide bonds. The molecule has 4 nitrogen and oxygen atoms in total. The summed E-state index contributed by atoms with van der Waals surface area (Å²) in [6.07, 6.45) is 1.55. The van der Waals surface area contributed by atoms with Gasteiger partial charge < -0.3 is 9.84 Å². The summed E-state index contributed by atoms with van der Waals surface area (Å²) in [4.78, 5) is 0. The maximum absolute atomic E-state index is 9.73. The van der Waals surface area contributed by atoms with Crippen molar-refractivity contribution in [1.82, 2.24) is 5.01 Å². The van der Waals surface area contributed by atoms with Crippen LogP contribution >= 0.6 is 23.2 Å². The van der Waals surface area contributed by atoms with Crippen molar-refractivity contribution in [2.75, 3.05) is 26.3 Å². The zero-order chi connectivity index (χ0) is 12.3. The normalized spacial score (nSPS) is 16.7. The van der Waals surface area contributed by atoms with Crippen molar-refractivity contribution in [3.8, 4) is 5.75 Å². The molecule has 1 aliphatic rings. The number of ether oxygens (including phenoxy) is 1. The average Bonchev–Trinajstić information content (AvgIpc) is 2.33. The molecule has 1 saturated heterocycles. The molecule has 1 fully saturated rings. The smallest absolute Gasteiger partial charge is 0.143 e. The number of hydrazone groups is 1. The van der Waals surface area contributed by atoms with Gasteiger partial charge in [0.05, 0.1) is 37.5 Å². The second-order valence-electron chi connectivity index (χ2n) is 3.64. The van der Waals surface area contributed by atoms with Crippen molar-refractivity contribution in [2.24, 2.45) is 5.10 Å². The van der Waals surface area contributed by atoms with Crippen LogP contribution < -0.4 is 0 Å². The Morgan fingerprint density at radius 1 is 1.29 bits per heavy atom. The highest BCUT2D eigenvalue weighted by atomic mass is 35.5. The van der Waals surface area contributed by atoms with E-state index in [1.54, 1.807) is 12.3 Å². The molecule has 1 aromatic carbocycles. The SMILES string of the molecule is Oc1c(Cl)cc(Cl)cc1/C=N\N1CCOCC1. The molecule has 1 heterocycles. The lowest BCUT2D eigenvalue weighted by Crippen LogP contribution is -2.32. The number of hydrogen-bond acceptors (Lipinski definition) is 4. The van der Waals surface area contributed by atoms with Gasteiger partial charge in [0, 0.05) is 10.6 Å². The quantitative estimate of drug-likeness (QED) is 0.843. The van der Waals surface area contributed by atoms with Crippen LogP contribution in [-0.2, 0) is 4.74 Å². The summed E-state index contributed by atoms with van der Waals surface area (Å²) in [7, 11) is 0. The van der Waals surface area contributed by atoms with Gasteiger partial charge in [-0.2, -0.15) is 5.10 Å². The summed E-state index contributed by atoms with van der Waals surface area (Å²) in [6.45, 7) is 2.82. The van der Waals surface area contributed by atoms with Crippen LogP contribution in [0.2, 0.25) is 10.0 Å². The lowest BCUT2D eigenvalue weighted by atomic mass is 10.2. The molecule has 1 aliphatic heterocycles. The summed E-state index contributed by atoms with van der Waals surface area (Å²) in [5, 5.41) is 16.5. The number of benzene rings is 1. The van der Waals surface area contributed by atoms with Crippen molar-refractivity contribution in [3.63, 3.8) is 0 Å². The minimum absolute atomic E-state index is 0.00641. The van der Waals surface area contributed by atoms with Gasteiger partial charge in [0.25, 0.3) is 0 Å². The fraction of sp³-hybridized carbons (Fsp3) is 0.364. The highest BCUT2D eigenvalue weighted by molar-refractivity contribution is 6.36. The third kappa shape index (κ3) is 3.25. The van der Waals surface area contributed by atoms with Crippen molar-refractivity contribution in [2.45, 2.75) is 0 Å². The van der Waals surface area contributed by atoms with Crippen molar-refractivity contribution in [1.29, 1.82) is 0 Å². The monoisotopic (exact) mass is 274 g/mol. The molecule has 0 aliphatic carbocycles. The van der Waals surface area contributed by atoms with E-state index in [2.05, 4.69) is 5.10 Å². The molecule has 0 unspecified atom stereocenters. The van der Waals surface area contributed by atoms with E-state index >= 15 is 0 Å². The lowest BCUT2D eigenvalue weighted by molar-refractivity contribution is 0.0397. The van der Waals surface area contributed by atoms with Crippen molar-refractivity contribution in [3.05, 3.63) is 27.7 Å². The Balaban J connectivity index is 2.14. The minimum atomic E-state index is -0.00641. The Kier molecular flexibility index (Phi) is 4.10. The summed E-state index contributed by atoms with van der Waals surface area (Å²) in [5.74, 6) is -0.00641. The Labute approximate surface area is 109 Å². The first-order valence-corrected chi connectivity index (χ1v) is 5.97. The molecule has 1 N–H and O–H groups in total. The van der Waals surface area contributed by atoms with Gasteiger partial charge >= 0.3 is 0 Å². The zero-order valence-electron chi connectivity index (χ0n) is 9.07. The average molecular weight is 275 g/mol. The van der Waals surface area contributed by atoms with E-state index in [4.69, 9.17) is 27.9 Å². The van der Waals surface area contributed by atoms with Crippen LogP contribution in [0.25, 0.3) is 0 Å². The third-order valence-corrected chi connectivity index (χ3v) is 2.91. The number of nitrogens with zero attached hydrogens (tertiary/aromatic N) is 2. The van der Waals surface area contributed by atoms with Crippen LogP contribution in [0.4, 0.5) is 0 Å². The highest BCUT2D eigenvalue weighted by Crippen LogP contribution is 2.30. The summed E-state index contributed by atoms with van der Waals surface area (Å²) in [5.41, 5.74) is 0.508. The van der Waals surface area contributed by atoms with Crippen LogP contribution in [0.15, 0.2) is 17.2 Å². The molecule has 0 atom stereocenters. The summed E-state index contributed by atoms with van der Waals surface area (Å²) < 4.78 is 5.21. The number of hydrogen-bond donors (Lipinski definition) is 1. The van der Waals surface area contributed by atoms with Crippen LogP contribution in [0, 0.1) is 0 Å². The number of rotatable bonds is 2. The minimum Gasteiger partial charge on any atom is -0.506 e. The summed E-state index contributed by atoms with van der Waals surface area (Å²) >= 11 is 11.7. The molecule has 1 aromatic rings. The van der Waals surface area contributed by atoms with Gasteiger partial charge in [-0.05, 0) is 12.1 Å². The van der Waals surface area contributed by atoms with E-state index in [1.165, 1.54) is 6.07 Å². The molecule has 0 saturated carbocycles. The Morgan fingerprint density at radius 2 is 2.00 bits per heavy atom. The first-order chi connectivity index (χ1) is 8.16. The van der Waals surface area contributed by atoms with Crippen LogP contribution in [0.3, 0.4) is 0 Å². The Morgan fingerprint density at radius 3 is 2.71 bits per heavy atom.